The van der Waals surface area contributed by atoms with E-state index in [-0.39, 0.29) is 11.4 Å². The predicted molar refractivity (Wildman–Crippen MR) is 136 cm³/mol. The molecule has 2 aliphatic heterocycles. The van der Waals surface area contributed by atoms with Crippen molar-refractivity contribution in [2.24, 2.45) is 11.1 Å². The van der Waals surface area contributed by atoms with Gasteiger partial charge >= 0.3 is 0 Å². The molecular formula is C28H38N4O2. The lowest BCUT2D eigenvalue weighted by atomic mass is 9.82. The van der Waals surface area contributed by atoms with E-state index < -0.39 is 0 Å². The first-order valence-corrected chi connectivity index (χ1v) is 12.5. The standard InChI is InChI=1S/C28H38N4O2/c1-20-6-8-23(9-7-20)26(30-34-5)24-11-16-32(17-12-24)28(4)13-18-31(19-14-28)27(33)25-21(2)10-15-29-22(25)3/h6-10,15,24H,11-14,16-19H2,1-5H3/b30-26-. The minimum Gasteiger partial charge on any atom is -0.399 e. The van der Waals surface area contributed by atoms with Crippen LogP contribution >= 0.6 is 0 Å². The van der Waals surface area contributed by atoms with Gasteiger partial charge in [-0.3, -0.25) is 14.7 Å². The maximum absolute atomic E-state index is 13.2. The summed E-state index contributed by atoms with van der Waals surface area (Å²) in [5.74, 6) is 0.531. The number of aryl methyl sites for hydroxylation is 3. The minimum atomic E-state index is 0.127. The molecule has 2 saturated heterocycles. The van der Waals surface area contributed by atoms with Gasteiger partial charge < -0.3 is 9.74 Å². The van der Waals surface area contributed by atoms with Crippen LogP contribution < -0.4 is 0 Å². The molecule has 2 aliphatic rings. The highest BCUT2D eigenvalue weighted by atomic mass is 16.6. The van der Waals surface area contributed by atoms with Crippen LogP contribution in [0.2, 0.25) is 0 Å². The molecule has 1 aromatic carbocycles. The highest BCUT2D eigenvalue weighted by Crippen LogP contribution is 2.34. The van der Waals surface area contributed by atoms with E-state index in [1.54, 1.807) is 13.3 Å². The van der Waals surface area contributed by atoms with Crippen molar-refractivity contribution in [1.82, 2.24) is 14.8 Å². The van der Waals surface area contributed by atoms with Gasteiger partial charge in [0.05, 0.1) is 17.0 Å². The first kappa shape index (κ1) is 24.4. The Morgan fingerprint density at radius 3 is 2.26 bits per heavy atom. The molecule has 0 spiro atoms. The van der Waals surface area contributed by atoms with Gasteiger partial charge in [-0.2, -0.15) is 0 Å². The number of hydrogen-bond acceptors (Lipinski definition) is 5. The SMILES string of the molecule is CO/N=C(/c1ccc(C)cc1)C1CCN(C2(C)CCN(C(=O)c3c(C)ccnc3C)CC2)CC1. The average Bonchev–Trinajstić information content (AvgIpc) is 2.84. The zero-order valence-electron chi connectivity index (χ0n) is 21.3. The highest BCUT2D eigenvalue weighted by molar-refractivity contribution is 6.02. The lowest BCUT2D eigenvalue weighted by molar-refractivity contribution is 0.0162. The van der Waals surface area contributed by atoms with Gasteiger partial charge in [-0.15, -0.1) is 0 Å². The number of pyridine rings is 1. The predicted octanol–water partition coefficient (Wildman–Crippen LogP) is 4.76. The largest absolute Gasteiger partial charge is 0.399 e. The van der Waals surface area contributed by atoms with Gasteiger partial charge in [0.2, 0.25) is 0 Å². The van der Waals surface area contributed by atoms with Gasteiger partial charge in [0, 0.05) is 30.7 Å². The summed E-state index contributed by atoms with van der Waals surface area (Å²) in [6.45, 7) is 12.1. The molecule has 4 rings (SSSR count). The van der Waals surface area contributed by atoms with Crippen molar-refractivity contribution in [3.8, 4) is 0 Å². The lowest BCUT2D eigenvalue weighted by Gasteiger charge is -2.49. The van der Waals surface area contributed by atoms with Gasteiger partial charge in [0.15, 0.2) is 0 Å². The number of amides is 1. The summed E-state index contributed by atoms with van der Waals surface area (Å²) >= 11 is 0. The van der Waals surface area contributed by atoms with Crippen molar-refractivity contribution in [3.05, 3.63) is 64.5 Å². The summed E-state index contributed by atoms with van der Waals surface area (Å²) in [6.07, 6.45) is 5.92. The third-order valence-electron chi connectivity index (χ3n) is 7.87. The van der Waals surface area contributed by atoms with Gasteiger partial charge in [0.1, 0.15) is 7.11 Å². The molecule has 0 bridgehead atoms. The second kappa shape index (κ2) is 10.3. The summed E-state index contributed by atoms with van der Waals surface area (Å²) in [5, 5.41) is 4.42. The molecule has 6 nitrogen and oxygen atoms in total. The van der Waals surface area contributed by atoms with Crippen LogP contribution in [0.15, 0.2) is 41.7 Å². The molecule has 0 N–H and O–H groups in total. The Balaban J connectivity index is 1.37. The Bertz CT molecular complexity index is 1010. The van der Waals surface area contributed by atoms with Crippen LogP contribution in [0.1, 0.15) is 65.3 Å². The number of rotatable bonds is 5. The Morgan fingerprint density at radius 1 is 1.03 bits per heavy atom. The van der Waals surface area contributed by atoms with Crippen molar-refractivity contribution < 1.29 is 9.63 Å². The Hall–Kier alpha value is -2.73. The molecule has 1 aromatic heterocycles. The molecule has 3 heterocycles. The van der Waals surface area contributed by atoms with Crippen LogP contribution in [0.5, 0.6) is 0 Å². The fraction of sp³-hybridized carbons (Fsp3) is 0.536. The number of carbonyl (C=O) groups is 1. The van der Waals surface area contributed by atoms with Crippen molar-refractivity contribution in [2.75, 3.05) is 33.3 Å². The van der Waals surface area contributed by atoms with E-state index in [0.29, 0.717) is 5.92 Å². The molecule has 0 aliphatic carbocycles. The summed E-state index contributed by atoms with van der Waals surface area (Å²) < 4.78 is 0. The smallest absolute Gasteiger partial charge is 0.255 e. The van der Waals surface area contributed by atoms with Crippen molar-refractivity contribution in [3.63, 3.8) is 0 Å². The van der Waals surface area contributed by atoms with Crippen LogP contribution in [0.3, 0.4) is 0 Å². The molecular weight excluding hydrogens is 424 g/mol. The van der Waals surface area contributed by atoms with E-state index >= 15 is 0 Å². The number of aromatic nitrogens is 1. The number of piperidine rings is 2. The van der Waals surface area contributed by atoms with E-state index in [4.69, 9.17) is 4.84 Å². The van der Waals surface area contributed by atoms with Crippen molar-refractivity contribution in [2.45, 2.75) is 58.9 Å². The maximum Gasteiger partial charge on any atom is 0.255 e. The minimum absolute atomic E-state index is 0.127. The zero-order chi connectivity index (χ0) is 24.3. The molecule has 0 radical (unpaired) electrons. The maximum atomic E-state index is 13.2. The quantitative estimate of drug-likeness (QED) is 0.475. The molecule has 2 aromatic rings. The Morgan fingerprint density at radius 2 is 1.68 bits per heavy atom. The highest BCUT2D eigenvalue weighted by Gasteiger charge is 2.39. The van der Waals surface area contributed by atoms with E-state index in [0.717, 1.165) is 80.0 Å². The van der Waals surface area contributed by atoms with Gasteiger partial charge in [0.25, 0.3) is 5.91 Å². The lowest BCUT2D eigenvalue weighted by Crippen LogP contribution is -2.56. The van der Waals surface area contributed by atoms with E-state index in [1.807, 2.05) is 24.8 Å². The van der Waals surface area contributed by atoms with Gasteiger partial charge in [-0.1, -0.05) is 35.0 Å². The topological polar surface area (TPSA) is 58.0 Å². The number of oxime groups is 1. The van der Waals surface area contributed by atoms with Crippen LogP contribution in [0, 0.1) is 26.7 Å². The normalized spacial score (nSPS) is 19.8. The molecule has 0 saturated carbocycles. The molecule has 1 amide bonds. The number of benzene rings is 1. The van der Waals surface area contributed by atoms with E-state index in [1.165, 1.54) is 5.56 Å². The Labute approximate surface area is 204 Å². The Kier molecular flexibility index (Phi) is 7.36. The second-order valence-electron chi connectivity index (χ2n) is 10.2. The molecule has 182 valence electrons. The molecule has 6 heteroatoms. The fourth-order valence-electron chi connectivity index (χ4n) is 5.56. The van der Waals surface area contributed by atoms with Crippen LogP contribution in [-0.2, 0) is 4.84 Å². The first-order valence-electron chi connectivity index (χ1n) is 12.5. The third kappa shape index (κ3) is 5.02. The average molecular weight is 463 g/mol. The number of hydrogen-bond donors (Lipinski definition) is 0. The molecule has 2 fully saturated rings. The second-order valence-corrected chi connectivity index (χ2v) is 10.2. The summed E-state index contributed by atoms with van der Waals surface area (Å²) in [4.78, 5) is 27.4. The van der Waals surface area contributed by atoms with Crippen LogP contribution in [0.25, 0.3) is 0 Å². The van der Waals surface area contributed by atoms with E-state index in [2.05, 4.69) is 53.2 Å². The van der Waals surface area contributed by atoms with Gasteiger partial charge in [-0.05, 0) is 83.7 Å². The monoisotopic (exact) mass is 462 g/mol. The fourth-order valence-corrected chi connectivity index (χ4v) is 5.56. The molecule has 0 unspecified atom stereocenters. The van der Waals surface area contributed by atoms with Crippen molar-refractivity contribution >= 4 is 11.6 Å². The van der Waals surface area contributed by atoms with Crippen molar-refractivity contribution in [1.29, 1.82) is 0 Å². The number of carbonyl (C=O) groups excluding carboxylic acids is 1. The number of nitrogens with zero attached hydrogens (tertiary/aromatic N) is 4. The van der Waals surface area contributed by atoms with Crippen LogP contribution in [-0.4, -0.2) is 65.2 Å². The molecule has 34 heavy (non-hydrogen) atoms. The molecule has 0 atom stereocenters. The van der Waals surface area contributed by atoms with Gasteiger partial charge in [-0.25, -0.2) is 0 Å². The summed E-state index contributed by atoms with van der Waals surface area (Å²) in [5.41, 5.74) is 6.20. The van der Waals surface area contributed by atoms with E-state index in [9.17, 15) is 4.79 Å². The van der Waals surface area contributed by atoms with Crippen LogP contribution in [0.4, 0.5) is 0 Å². The zero-order valence-corrected chi connectivity index (χ0v) is 21.3. The first-order chi connectivity index (χ1) is 16.3. The third-order valence-corrected chi connectivity index (χ3v) is 7.87. The summed E-state index contributed by atoms with van der Waals surface area (Å²) in [7, 11) is 1.63. The summed E-state index contributed by atoms with van der Waals surface area (Å²) in [6, 6.07) is 10.5. The number of likely N-dealkylation sites (tertiary alicyclic amines) is 2.